The second-order valence-corrected chi connectivity index (χ2v) is 5.94. The van der Waals surface area contributed by atoms with Crippen LogP contribution in [0.5, 0.6) is 0 Å². The maximum absolute atomic E-state index is 9.27. The normalized spacial score (nSPS) is 18.9. The number of aliphatic hydroxyl groups excluding tert-OH is 1. The molecule has 0 atom stereocenters. The molecule has 0 radical (unpaired) electrons. The summed E-state index contributed by atoms with van der Waals surface area (Å²) in [6.45, 7) is 7.40. The van der Waals surface area contributed by atoms with E-state index in [1.807, 2.05) is 0 Å². The molecular formula is C14H29NO2. The highest BCUT2D eigenvalue weighted by Crippen LogP contribution is 2.21. The molecule has 0 bridgehead atoms. The molecule has 0 amide bonds. The molecule has 0 aromatic rings. The highest BCUT2D eigenvalue weighted by molar-refractivity contribution is 4.77. The van der Waals surface area contributed by atoms with E-state index in [-0.39, 0.29) is 12.1 Å². The summed E-state index contributed by atoms with van der Waals surface area (Å²) >= 11 is 0. The van der Waals surface area contributed by atoms with Gasteiger partial charge in [-0.15, -0.1) is 0 Å². The van der Waals surface area contributed by atoms with Crippen molar-refractivity contribution in [1.29, 1.82) is 0 Å². The molecule has 1 fully saturated rings. The SMILES string of the molecule is CN(CCCCC1CCOCC1)C(C)(C)CO. The van der Waals surface area contributed by atoms with Gasteiger partial charge in [0.15, 0.2) is 0 Å². The first kappa shape index (κ1) is 14.9. The lowest BCUT2D eigenvalue weighted by molar-refractivity contribution is 0.0605. The van der Waals surface area contributed by atoms with Crippen molar-refractivity contribution in [1.82, 2.24) is 4.90 Å². The van der Waals surface area contributed by atoms with Crippen molar-refractivity contribution < 1.29 is 9.84 Å². The van der Waals surface area contributed by atoms with Crippen molar-refractivity contribution >= 4 is 0 Å². The van der Waals surface area contributed by atoms with Gasteiger partial charge in [0.1, 0.15) is 0 Å². The molecule has 1 heterocycles. The zero-order valence-electron chi connectivity index (χ0n) is 11.7. The summed E-state index contributed by atoms with van der Waals surface area (Å²) in [5, 5.41) is 9.27. The van der Waals surface area contributed by atoms with E-state index < -0.39 is 0 Å². The van der Waals surface area contributed by atoms with Gasteiger partial charge in [-0.05, 0) is 52.6 Å². The molecule has 1 aliphatic rings. The van der Waals surface area contributed by atoms with Gasteiger partial charge in [0.25, 0.3) is 0 Å². The zero-order valence-corrected chi connectivity index (χ0v) is 11.7. The highest BCUT2D eigenvalue weighted by atomic mass is 16.5. The number of aliphatic hydroxyl groups is 1. The molecule has 0 aliphatic carbocycles. The summed E-state index contributed by atoms with van der Waals surface area (Å²) in [4.78, 5) is 2.26. The third kappa shape index (κ3) is 5.36. The lowest BCUT2D eigenvalue weighted by Crippen LogP contribution is -2.44. The molecule has 3 heteroatoms. The standard InChI is InChI=1S/C14H29NO2/c1-14(2,12-16)15(3)9-5-4-6-13-7-10-17-11-8-13/h13,16H,4-12H2,1-3H3. The number of hydrogen-bond acceptors (Lipinski definition) is 3. The van der Waals surface area contributed by atoms with Gasteiger partial charge in [-0.25, -0.2) is 0 Å². The van der Waals surface area contributed by atoms with E-state index in [1.54, 1.807) is 0 Å². The van der Waals surface area contributed by atoms with Crippen LogP contribution < -0.4 is 0 Å². The van der Waals surface area contributed by atoms with Crippen LogP contribution in [0.1, 0.15) is 46.0 Å². The smallest absolute Gasteiger partial charge is 0.0609 e. The molecule has 3 nitrogen and oxygen atoms in total. The van der Waals surface area contributed by atoms with Crippen LogP contribution in [0.3, 0.4) is 0 Å². The molecule has 1 saturated heterocycles. The minimum atomic E-state index is -0.0846. The Balaban J connectivity index is 2.07. The van der Waals surface area contributed by atoms with Crippen molar-refractivity contribution in [3.63, 3.8) is 0 Å². The molecule has 102 valence electrons. The van der Waals surface area contributed by atoms with Gasteiger partial charge in [-0.2, -0.15) is 0 Å². The molecule has 0 saturated carbocycles. The predicted octanol–water partition coefficient (Wildman–Crippen LogP) is 2.29. The molecule has 17 heavy (non-hydrogen) atoms. The van der Waals surface area contributed by atoms with Crippen molar-refractivity contribution in [2.45, 2.75) is 51.5 Å². The number of ether oxygens (including phenoxy) is 1. The third-order valence-corrected chi connectivity index (χ3v) is 4.12. The molecule has 0 spiro atoms. The van der Waals surface area contributed by atoms with Crippen LogP contribution in [0.2, 0.25) is 0 Å². The monoisotopic (exact) mass is 243 g/mol. The van der Waals surface area contributed by atoms with Crippen molar-refractivity contribution in [2.75, 3.05) is 33.4 Å². The van der Waals surface area contributed by atoms with E-state index in [2.05, 4.69) is 25.8 Å². The minimum absolute atomic E-state index is 0.0846. The van der Waals surface area contributed by atoms with E-state index in [0.717, 1.165) is 25.7 Å². The van der Waals surface area contributed by atoms with Crippen LogP contribution in [0.4, 0.5) is 0 Å². The van der Waals surface area contributed by atoms with Gasteiger partial charge in [0.05, 0.1) is 6.61 Å². The molecule has 0 aromatic heterocycles. The highest BCUT2D eigenvalue weighted by Gasteiger charge is 2.21. The topological polar surface area (TPSA) is 32.7 Å². The summed E-state index contributed by atoms with van der Waals surface area (Å²) in [5.41, 5.74) is -0.0846. The summed E-state index contributed by atoms with van der Waals surface area (Å²) in [6.07, 6.45) is 6.38. The Morgan fingerprint density at radius 2 is 1.88 bits per heavy atom. The van der Waals surface area contributed by atoms with Crippen molar-refractivity contribution in [3.05, 3.63) is 0 Å². The molecule has 1 N–H and O–H groups in total. The van der Waals surface area contributed by atoms with Crippen LogP contribution in [-0.2, 0) is 4.74 Å². The number of nitrogens with zero attached hydrogens (tertiary/aromatic N) is 1. The Morgan fingerprint density at radius 1 is 1.24 bits per heavy atom. The lowest BCUT2D eigenvalue weighted by Gasteiger charge is -2.34. The summed E-state index contributed by atoms with van der Waals surface area (Å²) in [6, 6.07) is 0. The first-order chi connectivity index (χ1) is 8.06. The van der Waals surface area contributed by atoms with Gasteiger partial charge >= 0.3 is 0 Å². The van der Waals surface area contributed by atoms with Gasteiger partial charge in [0.2, 0.25) is 0 Å². The molecule has 1 rings (SSSR count). The average Bonchev–Trinajstić information content (AvgIpc) is 2.35. The van der Waals surface area contributed by atoms with Crippen LogP contribution in [0.25, 0.3) is 0 Å². The Morgan fingerprint density at radius 3 is 2.47 bits per heavy atom. The van der Waals surface area contributed by atoms with Crippen LogP contribution >= 0.6 is 0 Å². The van der Waals surface area contributed by atoms with Gasteiger partial charge < -0.3 is 9.84 Å². The Kier molecular flexibility index (Phi) is 6.45. The second kappa shape index (κ2) is 7.34. The Bertz CT molecular complexity index is 200. The summed E-state index contributed by atoms with van der Waals surface area (Å²) in [5.74, 6) is 0.889. The Hall–Kier alpha value is -0.120. The van der Waals surface area contributed by atoms with Gasteiger partial charge in [0, 0.05) is 18.8 Å². The maximum atomic E-state index is 9.27. The summed E-state index contributed by atoms with van der Waals surface area (Å²) in [7, 11) is 2.10. The van der Waals surface area contributed by atoms with E-state index in [4.69, 9.17) is 4.74 Å². The van der Waals surface area contributed by atoms with E-state index >= 15 is 0 Å². The van der Waals surface area contributed by atoms with Gasteiger partial charge in [-0.1, -0.05) is 12.8 Å². The van der Waals surface area contributed by atoms with Crippen molar-refractivity contribution in [3.8, 4) is 0 Å². The quantitative estimate of drug-likeness (QED) is 0.696. The minimum Gasteiger partial charge on any atom is -0.394 e. The zero-order chi connectivity index (χ0) is 12.7. The molecule has 0 aromatic carbocycles. The summed E-state index contributed by atoms with van der Waals surface area (Å²) < 4.78 is 5.37. The second-order valence-electron chi connectivity index (χ2n) is 5.94. The fraction of sp³-hybridized carbons (Fsp3) is 1.00. The number of rotatable bonds is 7. The fourth-order valence-electron chi connectivity index (χ4n) is 2.24. The fourth-order valence-corrected chi connectivity index (χ4v) is 2.24. The van der Waals surface area contributed by atoms with E-state index in [9.17, 15) is 5.11 Å². The predicted molar refractivity (Wildman–Crippen MR) is 71.2 cm³/mol. The Labute approximate surface area is 106 Å². The van der Waals surface area contributed by atoms with E-state index in [1.165, 1.54) is 32.1 Å². The number of hydrogen-bond donors (Lipinski definition) is 1. The number of likely N-dealkylation sites (N-methyl/N-ethyl adjacent to an activating group) is 1. The number of unbranched alkanes of at least 4 members (excludes halogenated alkanes) is 1. The first-order valence-corrected chi connectivity index (χ1v) is 6.96. The van der Waals surface area contributed by atoms with Crippen LogP contribution in [0.15, 0.2) is 0 Å². The van der Waals surface area contributed by atoms with Crippen molar-refractivity contribution in [2.24, 2.45) is 5.92 Å². The third-order valence-electron chi connectivity index (χ3n) is 4.12. The first-order valence-electron chi connectivity index (χ1n) is 6.96. The molecular weight excluding hydrogens is 214 g/mol. The van der Waals surface area contributed by atoms with E-state index in [0.29, 0.717) is 0 Å². The van der Waals surface area contributed by atoms with Crippen LogP contribution in [-0.4, -0.2) is 49.0 Å². The maximum Gasteiger partial charge on any atom is 0.0609 e. The largest absolute Gasteiger partial charge is 0.394 e. The van der Waals surface area contributed by atoms with Crippen LogP contribution in [0, 0.1) is 5.92 Å². The average molecular weight is 243 g/mol. The van der Waals surface area contributed by atoms with Gasteiger partial charge in [-0.3, -0.25) is 4.90 Å². The molecule has 0 unspecified atom stereocenters. The lowest BCUT2D eigenvalue weighted by atomic mass is 9.94. The molecule has 1 aliphatic heterocycles.